The molecule has 0 fully saturated rings. The minimum atomic E-state index is 0.456. The van der Waals surface area contributed by atoms with Crippen molar-refractivity contribution in [2.75, 3.05) is 0 Å². The van der Waals surface area contributed by atoms with Gasteiger partial charge >= 0.3 is 0 Å². The zero-order valence-electron chi connectivity index (χ0n) is 9.59. The fraction of sp³-hybridized carbons (Fsp3) is 0.615. The molecular weight excluding hydrogens is 170 g/mol. The van der Waals surface area contributed by atoms with E-state index in [2.05, 4.69) is 44.9 Å². The van der Waals surface area contributed by atoms with Crippen LogP contribution in [0.2, 0.25) is 0 Å². The Hall–Kier alpha value is -0.850. The first kappa shape index (κ1) is 9.70. The van der Waals surface area contributed by atoms with Crippen molar-refractivity contribution in [1.82, 2.24) is 4.98 Å². The largest absolute Gasteiger partial charge is 0.261 e. The highest BCUT2D eigenvalue weighted by Gasteiger charge is 2.35. The van der Waals surface area contributed by atoms with Gasteiger partial charge in [-0.15, -0.1) is 0 Å². The number of aryl methyl sites for hydroxylation is 1. The number of hydrogen-bond donors (Lipinski definition) is 0. The van der Waals surface area contributed by atoms with E-state index < -0.39 is 0 Å². The lowest BCUT2D eigenvalue weighted by Crippen LogP contribution is -2.23. The van der Waals surface area contributed by atoms with Gasteiger partial charge in [-0.3, -0.25) is 4.98 Å². The van der Waals surface area contributed by atoms with Gasteiger partial charge < -0.3 is 0 Å². The molecule has 76 valence electrons. The van der Waals surface area contributed by atoms with Gasteiger partial charge in [0.1, 0.15) is 0 Å². The van der Waals surface area contributed by atoms with Crippen molar-refractivity contribution >= 4 is 0 Å². The van der Waals surface area contributed by atoms with E-state index in [0.29, 0.717) is 5.41 Å². The molecule has 0 amide bonds. The molecule has 14 heavy (non-hydrogen) atoms. The van der Waals surface area contributed by atoms with E-state index in [-0.39, 0.29) is 0 Å². The highest BCUT2D eigenvalue weighted by molar-refractivity contribution is 5.33. The number of aromatic nitrogens is 1. The molecule has 0 unspecified atom stereocenters. The molecule has 0 saturated heterocycles. The van der Waals surface area contributed by atoms with Crippen LogP contribution in [-0.4, -0.2) is 4.98 Å². The summed E-state index contributed by atoms with van der Waals surface area (Å²) in [6.45, 7) is 9.12. The van der Waals surface area contributed by atoms with Gasteiger partial charge in [0.2, 0.25) is 0 Å². The lowest BCUT2D eigenvalue weighted by Gasteiger charge is -2.28. The summed E-state index contributed by atoms with van der Waals surface area (Å²) in [5.74, 6) is 0.746. The maximum Gasteiger partial charge on any atom is 0.0375 e. The van der Waals surface area contributed by atoms with Crippen molar-refractivity contribution in [2.45, 2.75) is 40.5 Å². The van der Waals surface area contributed by atoms with E-state index in [1.165, 1.54) is 24.0 Å². The Balaban J connectivity index is 2.34. The Morgan fingerprint density at radius 3 is 2.57 bits per heavy atom. The van der Waals surface area contributed by atoms with Crippen LogP contribution in [-0.2, 0) is 12.8 Å². The summed E-state index contributed by atoms with van der Waals surface area (Å²) in [6, 6.07) is 2.25. The molecule has 1 nitrogen and oxygen atoms in total. The first-order valence-electron chi connectivity index (χ1n) is 5.46. The highest BCUT2D eigenvalue weighted by Crippen LogP contribution is 2.41. The van der Waals surface area contributed by atoms with Gasteiger partial charge in [0.15, 0.2) is 0 Å². The van der Waals surface area contributed by atoms with Crippen molar-refractivity contribution in [3.63, 3.8) is 0 Å². The van der Waals surface area contributed by atoms with Crippen molar-refractivity contribution in [3.8, 4) is 0 Å². The van der Waals surface area contributed by atoms with Gasteiger partial charge in [0, 0.05) is 11.9 Å². The number of fused-ring (bicyclic) bond motifs is 1. The summed E-state index contributed by atoms with van der Waals surface area (Å²) >= 11 is 0. The van der Waals surface area contributed by atoms with Crippen LogP contribution >= 0.6 is 0 Å². The van der Waals surface area contributed by atoms with Gasteiger partial charge in [-0.1, -0.05) is 20.8 Å². The summed E-state index contributed by atoms with van der Waals surface area (Å²) in [6.07, 6.45) is 4.49. The number of hydrogen-bond acceptors (Lipinski definition) is 1. The van der Waals surface area contributed by atoms with Crippen molar-refractivity contribution in [2.24, 2.45) is 11.3 Å². The normalized spacial score (nSPS) is 25.5. The van der Waals surface area contributed by atoms with Crippen LogP contribution in [0.1, 0.15) is 37.6 Å². The average molecular weight is 189 g/mol. The van der Waals surface area contributed by atoms with E-state index in [1.54, 1.807) is 0 Å². The third-order valence-corrected chi connectivity index (χ3v) is 3.80. The summed E-state index contributed by atoms with van der Waals surface area (Å²) in [7, 11) is 0. The molecule has 0 aliphatic heterocycles. The standard InChI is InChI=1S/C13H19N/c1-9(2)13(4)6-11-5-10(3)14-8-12(11)7-13/h5,8-9H,6-7H2,1-4H3/t13-/m0/s1. The topological polar surface area (TPSA) is 12.9 Å². The molecular formula is C13H19N. The number of nitrogens with zero attached hydrogens (tertiary/aromatic N) is 1. The summed E-state index contributed by atoms with van der Waals surface area (Å²) in [5, 5.41) is 0. The first-order chi connectivity index (χ1) is 6.51. The van der Waals surface area contributed by atoms with Crippen LogP contribution in [0.4, 0.5) is 0 Å². The highest BCUT2D eigenvalue weighted by atomic mass is 14.7. The van der Waals surface area contributed by atoms with Crippen LogP contribution in [0.15, 0.2) is 12.3 Å². The van der Waals surface area contributed by atoms with Crippen LogP contribution in [0, 0.1) is 18.3 Å². The third kappa shape index (κ3) is 1.45. The van der Waals surface area contributed by atoms with Gasteiger partial charge in [0.25, 0.3) is 0 Å². The van der Waals surface area contributed by atoms with Crippen LogP contribution in [0.25, 0.3) is 0 Å². The Kier molecular flexibility index (Phi) is 2.13. The molecule has 0 saturated carbocycles. The Labute approximate surface area is 86.6 Å². The maximum absolute atomic E-state index is 4.38. The smallest absolute Gasteiger partial charge is 0.0375 e. The second-order valence-electron chi connectivity index (χ2n) is 5.26. The van der Waals surface area contributed by atoms with E-state index in [0.717, 1.165) is 11.6 Å². The predicted octanol–water partition coefficient (Wildman–Crippen LogP) is 3.15. The van der Waals surface area contributed by atoms with E-state index in [1.807, 2.05) is 0 Å². The minimum absolute atomic E-state index is 0.456. The SMILES string of the molecule is Cc1cc2c(cn1)C[C@@](C)(C(C)C)C2. The molecule has 1 atom stereocenters. The van der Waals surface area contributed by atoms with E-state index in [4.69, 9.17) is 0 Å². The van der Waals surface area contributed by atoms with Gasteiger partial charge in [-0.2, -0.15) is 0 Å². The molecule has 2 rings (SSSR count). The molecule has 1 heterocycles. The summed E-state index contributed by atoms with van der Waals surface area (Å²) in [5.41, 5.74) is 4.59. The Bertz CT molecular complexity index is 354. The maximum atomic E-state index is 4.38. The van der Waals surface area contributed by atoms with E-state index >= 15 is 0 Å². The molecule has 1 aromatic heterocycles. The Morgan fingerprint density at radius 2 is 1.93 bits per heavy atom. The Morgan fingerprint density at radius 1 is 1.29 bits per heavy atom. The van der Waals surface area contributed by atoms with Gasteiger partial charge in [-0.05, 0) is 48.3 Å². The monoisotopic (exact) mass is 189 g/mol. The molecule has 0 radical (unpaired) electrons. The zero-order valence-corrected chi connectivity index (χ0v) is 9.59. The average Bonchev–Trinajstić information content (AvgIpc) is 2.42. The lowest BCUT2D eigenvalue weighted by molar-refractivity contribution is 0.234. The fourth-order valence-corrected chi connectivity index (χ4v) is 2.31. The molecule has 1 aliphatic carbocycles. The number of pyridine rings is 1. The quantitative estimate of drug-likeness (QED) is 0.661. The zero-order chi connectivity index (χ0) is 10.3. The van der Waals surface area contributed by atoms with Gasteiger partial charge in [-0.25, -0.2) is 0 Å². The van der Waals surface area contributed by atoms with E-state index in [9.17, 15) is 0 Å². The van der Waals surface area contributed by atoms with Gasteiger partial charge in [0.05, 0.1) is 0 Å². The number of rotatable bonds is 1. The van der Waals surface area contributed by atoms with Crippen molar-refractivity contribution in [3.05, 3.63) is 29.1 Å². The van der Waals surface area contributed by atoms with Crippen LogP contribution in [0.5, 0.6) is 0 Å². The van der Waals surface area contributed by atoms with Crippen LogP contribution in [0.3, 0.4) is 0 Å². The molecule has 1 aromatic rings. The molecule has 0 bridgehead atoms. The predicted molar refractivity (Wildman–Crippen MR) is 59.3 cm³/mol. The third-order valence-electron chi connectivity index (χ3n) is 3.80. The van der Waals surface area contributed by atoms with Crippen molar-refractivity contribution in [1.29, 1.82) is 0 Å². The van der Waals surface area contributed by atoms with Crippen molar-refractivity contribution < 1.29 is 0 Å². The fourth-order valence-electron chi connectivity index (χ4n) is 2.31. The second kappa shape index (κ2) is 3.08. The molecule has 0 N–H and O–H groups in total. The minimum Gasteiger partial charge on any atom is -0.261 e. The first-order valence-corrected chi connectivity index (χ1v) is 5.46. The lowest BCUT2D eigenvalue weighted by atomic mass is 9.77. The molecule has 0 spiro atoms. The second-order valence-corrected chi connectivity index (χ2v) is 5.26. The molecule has 0 aromatic carbocycles. The van der Waals surface area contributed by atoms with Crippen LogP contribution < -0.4 is 0 Å². The summed E-state index contributed by atoms with van der Waals surface area (Å²) in [4.78, 5) is 4.38. The molecule has 1 aliphatic rings. The molecule has 1 heteroatoms. The summed E-state index contributed by atoms with van der Waals surface area (Å²) < 4.78 is 0.